The van der Waals surface area contributed by atoms with Gasteiger partial charge in [-0.3, -0.25) is 0 Å². The van der Waals surface area contributed by atoms with Gasteiger partial charge in [-0.15, -0.1) is 0 Å². The normalized spacial score (nSPS) is 11.2. The molecule has 54 valence electrons. The van der Waals surface area contributed by atoms with Gasteiger partial charge < -0.3 is 5.73 Å². The average Bonchev–Trinajstić information content (AvgIpc) is 1.59. The highest BCUT2D eigenvalue weighted by molar-refractivity contribution is 7.90. The summed E-state index contributed by atoms with van der Waals surface area (Å²) in [6.45, 7) is 0. The van der Waals surface area contributed by atoms with Crippen molar-refractivity contribution in [2.24, 2.45) is 5.73 Å². The molecule has 0 aliphatic carbocycles. The first-order valence-corrected chi connectivity index (χ1v) is 4.85. The van der Waals surface area contributed by atoms with Gasteiger partial charge in [-0.25, -0.2) is 8.42 Å². The number of thiocarbonyl (C=S) groups is 1. The summed E-state index contributed by atoms with van der Waals surface area (Å²) < 4.78 is 20.8. The molecule has 0 radical (unpaired) electrons. The predicted octanol–water partition coefficient (Wildman–Crippen LogP) is -0.293. The molecule has 0 saturated carbocycles. The van der Waals surface area contributed by atoms with Crippen LogP contribution < -0.4 is 5.73 Å². The Morgan fingerprint density at radius 1 is 1.67 bits per heavy atom. The number of rotatable bonds is 3. The molecule has 5 heteroatoms. The molecule has 0 rings (SSSR count). The van der Waals surface area contributed by atoms with Crippen LogP contribution in [0.3, 0.4) is 0 Å². The standard InChI is InChI=1S/C4H9NO2S2/c1-9(6,7)3-2-4(5)8/h2-3H2,1H3,(H2,5,8). The molecule has 3 nitrogen and oxygen atoms in total. The molecule has 0 amide bonds. The molecule has 0 aliphatic heterocycles. The average molecular weight is 167 g/mol. The topological polar surface area (TPSA) is 60.2 Å². The van der Waals surface area contributed by atoms with Crippen LogP contribution in [0.2, 0.25) is 0 Å². The van der Waals surface area contributed by atoms with Crippen LogP contribution in [0.15, 0.2) is 0 Å². The van der Waals surface area contributed by atoms with Crippen LogP contribution in [0.5, 0.6) is 0 Å². The van der Waals surface area contributed by atoms with Crippen LogP contribution in [0.4, 0.5) is 0 Å². The zero-order valence-corrected chi connectivity index (χ0v) is 6.76. The number of hydrogen-bond acceptors (Lipinski definition) is 3. The van der Waals surface area contributed by atoms with E-state index in [1.807, 2.05) is 0 Å². The van der Waals surface area contributed by atoms with E-state index in [1.165, 1.54) is 0 Å². The Hall–Kier alpha value is -0.160. The van der Waals surface area contributed by atoms with Crippen LogP contribution in [0.1, 0.15) is 6.42 Å². The van der Waals surface area contributed by atoms with Gasteiger partial charge in [-0.05, 0) is 0 Å². The second-order valence-corrected chi connectivity index (χ2v) is 4.63. The van der Waals surface area contributed by atoms with E-state index in [2.05, 4.69) is 12.2 Å². The van der Waals surface area contributed by atoms with Gasteiger partial charge in [-0.1, -0.05) is 12.2 Å². The summed E-state index contributed by atoms with van der Waals surface area (Å²) >= 11 is 4.48. The van der Waals surface area contributed by atoms with Crippen molar-refractivity contribution in [2.75, 3.05) is 12.0 Å². The van der Waals surface area contributed by atoms with Crippen molar-refractivity contribution >= 4 is 27.0 Å². The summed E-state index contributed by atoms with van der Waals surface area (Å²) in [5.74, 6) is 0.0579. The lowest BCUT2D eigenvalue weighted by atomic mass is 10.5. The van der Waals surface area contributed by atoms with E-state index in [0.717, 1.165) is 6.26 Å². The van der Waals surface area contributed by atoms with Crippen LogP contribution in [0, 0.1) is 0 Å². The van der Waals surface area contributed by atoms with Gasteiger partial charge in [0.2, 0.25) is 0 Å². The van der Waals surface area contributed by atoms with Crippen LogP contribution in [0.25, 0.3) is 0 Å². The second kappa shape index (κ2) is 3.12. The minimum absolute atomic E-state index is 0.0579. The van der Waals surface area contributed by atoms with E-state index >= 15 is 0 Å². The summed E-state index contributed by atoms with van der Waals surface area (Å²) in [4.78, 5) is 0.250. The third-order valence-corrected chi connectivity index (χ3v) is 1.87. The molecular formula is C4H9NO2S2. The maximum Gasteiger partial charge on any atom is 0.147 e. The molecule has 0 spiro atoms. The van der Waals surface area contributed by atoms with Crippen molar-refractivity contribution < 1.29 is 8.42 Å². The van der Waals surface area contributed by atoms with E-state index in [-0.39, 0.29) is 17.2 Å². The summed E-state index contributed by atoms with van der Waals surface area (Å²) in [5, 5.41) is 0. The van der Waals surface area contributed by atoms with Crippen molar-refractivity contribution in [2.45, 2.75) is 6.42 Å². The van der Waals surface area contributed by atoms with Gasteiger partial charge in [-0.2, -0.15) is 0 Å². The van der Waals surface area contributed by atoms with E-state index in [1.54, 1.807) is 0 Å². The molecule has 9 heavy (non-hydrogen) atoms. The quantitative estimate of drug-likeness (QED) is 0.587. The molecule has 0 aromatic heterocycles. The van der Waals surface area contributed by atoms with Crippen molar-refractivity contribution in [1.29, 1.82) is 0 Å². The summed E-state index contributed by atoms with van der Waals surface area (Å²) in [6, 6.07) is 0. The number of sulfone groups is 1. The van der Waals surface area contributed by atoms with Crippen molar-refractivity contribution in [3.8, 4) is 0 Å². The van der Waals surface area contributed by atoms with Crippen LogP contribution in [-0.2, 0) is 9.84 Å². The first-order valence-electron chi connectivity index (χ1n) is 2.38. The molecule has 2 N–H and O–H groups in total. The van der Waals surface area contributed by atoms with Gasteiger partial charge in [0, 0.05) is 12.7 Å². The first kappa shape index (κ1) is 8.84. The maximum atomic E-state index is 10.4. The van der Waals surface area contributed by atoms with Crippen molar-refractivity contribution in [3.63, 3.8) is 0 Å². The highest BCUT2D eigenvalue weighted by Gasteiger charge is 2.01. The summed E-state index contributed by atoms with van der Waals surface area (Å²) in [6.07, 6.45) is 1.44. The van der Waals surface area contributed by atoms with Crippen molar-refractivity contribution in [1.82, 2.24) is 0 Å². The Morgan fingerprint density at radius 3 is 2.22 bits per heavy atom. The van der Waals surface area contributed by atoms with Gasteiger partial charge in [0.05, 0.1) is 10.7 Å². The van der Waals surface area contributed by atoms with E-state index in [0.29, 0.717) is 0 Å². The molecule has 0 fully saturated rings. The largest absolute Gasteiger partial charge is 0.393 e. The van der Waals surface area contributed by atoms with Gasteiger partial charge >= 0.3 is 0 Å². The zero-order valence-electron chi connectivity index (χ0n) is 5.12. The fraction of sp³-hybridized carbons (Fsp3) is 0.750. The smallest absolute Gasteiger partial charge is 0.147 e. The minimum Gasteiger partial charge on any atom is -0.393 e. The highest BCUT2D eigenvalue weighted by Crippen LogP contribution is 1.87. The SMILES string of the molecule is CS(=O)(=O)CCC(N)=S. The lowest BCUT2D eigenvalue weighted by molar-refractivity contribution is 0.602. The minimum atomic E-state index is -2.89. The molecule has 0 aromatic carbocycles. The van der Waals surface area contributed by atoms with Crippen LogP contribution >= 0.6 is 12.2 Å². The predicted molar refractivity (Wildman–Crippen MR) is 41.1 cm³/mol. The van der Waals surface area contributed by atoms with Crippen LogP contribution in [-0.4, -0.2) is 25.4 Å². The van der Waals surface area contributed by atoms with Gasteiger partial charge in [0.25, 0.3) is 0 Å². The molecule has 0 atom stereocenters. The van der Waals surface area contributed by atoms with Gasteiger partial charge in [0.15, 0.2) is 0 Å². The molecule has 0 saturated heterocycles. The van der Waals surface area contributed by atoms with E-state index in [4.69, 9.17) is 5.73 Å². The lowest BCUT2D eigenvalue weighted by Crippen LogP contribution is -2.14. The summed E-state index contributed by atoms with van der Waals surface area (Å²) in [7, 11) is -2.89. The third kappa shape index (κ3) is 7.84. The Morgan fingerprint density at radius 2 is 2.11 bits per heavy atom. The Balaban J connectivity index is 3.67. The Bertz CT molecular complexity index is 195. The fourth-order valence-electron chi connectivity index (χ4n) is 0.286. The molecule has 0 aromatic rings. The Kier molecular flexibility index (Phi) is 3.07. The second-order valence-electron chi connectivity index (χ2n) is 1.85. The lowest BCUT2D eigenvalue weighted by Gasteiger charge is -1.93. The first-order chi connectivity index (χ1) is 3.92. The third-order valence-electron chi connectivity index (χ3n) is 0.719. The fourth-order valence-corrected chi connectivity index (χ4v) is 1.11. The number of nitrogens with two attached hydrogens (primary N) is 1. The zero-order chi connectivity index (χ0) is 7.49. The Labute approximate surface area is 60.2 Å². The van der Waals surface area contributed by atoms with Crippen molar-refractivity contribution in [3.05, 3.63) is 0 Å². The maximum absolute atomic E-state index is 10.4. The molecule has 0 unspecified atom stereocenters. The van der Waals surface area contributed by atoms with E-state index in [9.17, 15) is 8.42 Å². The molecular weight excluding hydrogens is 158 g/mol. The molecule has 0 aliphatic rings. The molecule has 0 bridgehead atoms. The molecule has 0 heterocycles. The number of hydrogen-bond donors (Lipinski definition) is 1. The van der Waals surface area contributed by atoms with E-state index < -0.39 is 9.84 Å². The highest BCUT2D eigenvalue weighted by atomic mass is 32.2. The summed E-state index contributed by atoms with van der Waals surface area (Å²) in [5.41, 5.74) is 5.07. The monoisotopic (exact) mass is 167 g/mol. The van der Waals surface area contributed by atoms with Gasteiger partial charge in [0.1, 0.15) is 9.84 Å².